The molecule has 53 heavy (non-hydrogen) atoms. The molecule has 270 valence electrons. The first-order chi connectivity index (χ1) is 25.3. The highest BCUT2D eigenvalue weighted by Gasteiger charge is 2.23. The summed E-state index contributed by atoms with van der Waals surface area (Å²) >= 11 is 0. The topological polar surface area (TPSA) is 189 Å². The van der Waals surface area contributed by atoms with E-state index in [-0.39, 0.29) is 38.9 Å². The molecule has 0 atom stereocenters. The van der Waals surface area contributed by atoms with Crippen LogP contribution in [0.15, 0.2) is 146 Å². The van der Waals surface area contributed by atoms with Crippen molar-refractivity contribution >= 4 is 64.9 Å². The van der Waals surface area contributed by atoms with E-state index in [9.17, 15) is 26.5 Å². The van der Waals surface area contributed by atoms with Crippen LogP contribution in [0.25, 0.3) is 10.8 Å². The summed E-state index contributed by atoms with van der Waals surface area (Å²) in [5, 5.41) is 31.6. The van der Waals surface area contributed by atoms with Crippen molar-refractivity contribution in [3.8, 4) is 17.2 Å². The van der Waals surface area contributed by atoms with Gasteiger partial charge >= 0.3 is 0 Å². The summed E-state index contributed by atoms with van der Waals surface area (Å²) < 4.78 is 71.9. The van der Waals surface area contributed by atoms with E-state index in [0.29, 0.717) is 22.3 Å². The van der Waals surface area contributed by atoms with Gasteiger partial charge in [0.2, 0.25) is 0 Å². The van der Waals surface area contributed by atoms with Crippen LogP contribution in [0.5, 0.6) is 17.2 Å². The fraction of sp³-hybridized carbons (Fsp3) is 0.105. The fourth-order valence-corrected chi connectivity index (χ4v) is 7.36. The van der Waals surface area contributed by atoms with Gasteiger partial charge in [0.15, 0.2) is 15.6 Å². The number of phenols is 1. The second-order valence-electron chi connectivity index (χ2n) is 11.8. The Morgan fingerprint density at radius 3 is 1.91 bits per heavy atom. The molecule has 0 radical (unpaired) electrons. The maximum absolute atomic E-state index is 13.0. The molecule has 0 aliphatic carbocycles. The van der Waals surface area contributed by atoms with Gasteiger partial charge in [-0.25, -0.2) is 8.42 Å². The largest absolute Gasteiger partial charge is 0.505 e. The number of hydrogen-bond donors (Lipinski definition) is 3. The zero-order chi connectivity index (χ0) is 37.8. The quantitative estimate of drug-likeness (QED) is 0.0807. The molecule has 6 aromatic rings. The van der Waals surface area contributed by atoms with E-state index >= 15 is 0 Å². The zero-order valence-corrected chi connectivity index (χ0v) is 30.3. The van der Waals surface area contributed by atoms with Crippen LogP contribution in [0.4, 0.5) is 34.1 Å². The second-order valence-corrected chi connectivity index (χ2v) is 15.2. The van der Waals surface area contributed by atoms with Gasteiger partial charge < -0.3 is 19.9 Å². The van der Waals surface area contributed by atoms with Crippen molar-refractivity contribution in [1.29, 1.82) is 0 Å². The predicted octanol–water partition coefficient (Wildman–Crippen LogP) is 9.67. The minimum absolute atomic E-state index is 0.0784. The molecule has 0 aliphatic rings. The van der Waals surface area contributed by atoms with Gasteiger partial charge in [-0.1, -0.05) is 48.0 Å². The van der Waals surface area contributed by atoms with E-state index < -0.39 is 36.3 Å². The monoisotopic (exact) mass is 751 g/mol. The summed E-state index contributed by atoms with van der Waals surface area (Å²) in [6.45, 7) is 1.93. The van der Waals surface area contributed by atoms with Gasteiger partial charge in [-0.15, -0.1) is 15.3 Å². The number of anilines is 2. The first-order valence-electron chi connectivity index (χ1n) is 15.9. The SMILES string of the molecule is COc1cc(N=Nc2c(S(=O)(=O)O)cc3cc(Nc4ccccc4)ccc3c2O)c(OC)cc1N=Nc1ccc(S(=O)(=O)Cc2ccc(C)cc2)cc1. The van der Waals surface area contributed by atoms with Crippen molar-refractivity contribution in [2.45, 2.75) is 22.5 Å². The molecule has 0 fully saturated rings. The third kappa shape index (κ3) is 8.49. The highest BCUT2D eigenvalue weighted by molar-refractivity contribution is 7.90. The number of aromatic hydroxyl groups is 1. The number of nitrogens with zero attached hydrogens (tertiary/aromatic N) is 4. The standard InChI is InChI=1S/C38H33N5O8S2/c1-24-9-11-25(12-10-24)23-52(45,46)30-16-13-28(14-17-30)40-41-32-21-35(51-3)33(22-34(32)50-2)42-43-37-36(53(47,48)49)20-26-19-29(15-18-31(26)38(37)44)39-27-7-5-4-6-8-27/h4-22,39,44H,23H2,1-3H3,(H,47,48,49). The smallest absolute Gasteiger partial charge is 0.296 e. The van der Waals surface area contributed by atoms with Gasteiger partial charge in [0.05, 0.1) is 30.6 Å². The van der Waals surface area contributed by atoms with Crippen molar-refractivity contribution in [2.75, 3.05) is 19.5 Å². The van der Waals surface area contributed by atoms with Crippen molar-refractivity contribution < 1.29 is 36.0 Å². The first kappa shape index (κ1) is 36.6. The number of para-hydroxylation sites is 1. The molecule has 3 N–H and O–H groups in total. The molecule has 6 aromatic carbocycles. The van der Waals surface area contributed by atoms with Gasteiger partial charge in [0.25, 0.3) is 10.1 Å². The number of methoxy groups -OCH3 is 2. The Bertz CT molecular complexity index is 2580. The van der Waals surface area contributed by atoms with Crippen LogP contribution in [0.1, 0.15) is 11.1 Å². The van der Waals surface area contributed by atoms with Crippen LogP contribution in [-0.2, 0) is 25.7 Å². The van der Waals surface area contributed by atoms with Crippen molar-refractivity contribution in [3.63, 3.8) is 0 Å². The molecular formula is C38H33N5O8S2. The number of hydrogen-bond acceptors (Lipinski definition) is 12. The molecule has 0 aromatic heterocycles. The highest BCUT2D eigenvalue weighted by Crippen LogP contribution is 2.45. The van der Waals surface area contributed by atoms with Gasteiger partial charge in [0.1, 0.15) is 33.5 Å². The lowest BCUT2D eigenvalue weighted by atomic mass is 10.1. The summed E-state index contributed by atoms with van der Waals surface area (Å²) in [6.07, 6.45) is 0. The Balaban J connectivity index is 1.27. The molecule has 0 amide bonds. The summed E-state index contributed by atoms with van der Waals surface area (Å²) in [4.78, 5) is -0.515. The summed E-state index contributed by atoms with van der Waals surface area (Å²) in [5.41, 5.74) is 3.32. The maximum atomic E-state index is 13.0. The number of fused-ring (bicyclic) bond motifs is 1. The number of aryl methyl sites for hydroxylation is 1. The molecular weight excluding hydrogens is 719 g/mol. The molecule has 0 unspecified atom stereocenters. The molecule has 15 heteroatoms. The number of ether oxygens (including phenoxy) is 2. The lowest BCUT2D eigenvalue weighted by molar-refractivity contribution is 0.405. The van der Waals surface area contributed by atoms with Gasteiger partial charge in [-0.2, -0.15) is 13.5 Å². The van der Waals surface area contributed by atoms with Gasteiger partial charge in [0, 0.05) is 28.9 Å². The minimum Gasteiger partial charge on any atom is -0.505 e. The molecule has 0 saturated carbocycles. The van der Waals surface area contributed by atoms with E-state index in [1.54, 1.807) is 30.3 Å². The average molecular weight is 752 g/mol. The Kier molecular flexibility index (Phi) is 10.5. The average Bonchev–Trinajstić information content (AvgIpc) is 3.14. The van der Waals surface area contributed by atoms with Crippen molar-refractivity contribution in [2.24, 2.45) is 20.5 Å². The predicted molar refractivity (Wildman–Crippen MR) is 202 cm³/mol. The summed E-state index contributed by atoms with van der Waals surface area (Å²) in [6, 6.07) is 31.6. The minimum atomic E-state index is -4.87. The lowest BCUT2D eigenvalue weighted by Crippen LogP contribution is -2.04. The van der Waals surface area contributed by atoms with E-state index in [2.05, 4.69) is 25.8 Å². The van der Waals surface area contributed by atoms with E-state index in [1.807, 2.05) is 49.4 Å². The Labute approximate surface area is 306 Å². The van der Waals surface area contributed by atoms with Gasteiger partial charge in [-0.3, -0.25) is 4.55 Å². The molecule has 0 spiro atoms. The van der Waals surface area contributed by atoms with Crippen LogP contribution in [0, 0.1) is 6.92 Å². The van der Waals surface area contributed by atoms with Gasteiger partial charge in [-0.05, 0) is 78.5 Å². The second kappa shape index (κ2) is 15.2. The van der Waals surface area contributed by atoms with E-state index in [1.165, 1.54) is 56.7 Å². The zero-order valence-electron chi connectivity index (χ0n) is 28.6. The number of sulfone groups is 1. The van der Waals surface area contributed by atoms with Crippen LogP contribution in [0.2, 0.25) is 0 Å². The summed E-state index contributed by atoms with van der Waals surface area (Å²) in [7, 11) is -5.70. The fourth-order valence-electron chi connectivity index (χ4n) is 5.36. The number of azo groups is 2. The maximum Gasteiger partial charge on any atom is 0.296 e. The van der Waals surface area contributed by atoms with E-state index in [4.69, 9.17) is 9.47 Å². The Morgan fingerprint density at radius 2 is 1.30 bits per heavy atom. The third-order valence-corrected chi connectivity index (χ3v) is 10.6. The van der Waals surface area contributed by atoms with Crippen LogP contribution < -0.4 is 14.8 Å². The molecule has 0 bridgehead atoms. The molecule has 6 rings (SSSR count). The number of phenolic OH excluding ortho intramolecular Hbond substituents is 1. The van der Waals surface area contributed by atoms with Crippen molar-refractivity contribution in [3.05, 3.63) is 126 Å². The normalized spacial score (nSPS) is 12.1. The third-order valence-electron chi connectivity index (χ3n) is 8.08. The lowest BCUT2D eigenvalue weighted by Gasteiger charge is -2.12. The summed E-state index contributed by atoms with van der Waals surface area (Å²) in [5.74, 6) is -0.320. The molecule has 13 nitrogen and oxygen atoms in total. The molecule has 0 heterocycles. The number of rotatable bonds is 12. The van der Waals surface area contributed by atoms with Crippen LogP contribution >= 0.6 is 0 Å². The van der Waals surface area contributed by atoms with Crippen LogP contribution in [-0.4, -0.2) is 40.7 Å². The molecule has 0 saturated heterocycles. The molecule has 0 aliphatic heterocycles. The number of benzene rings is 6. The highest BCUT2D eigenvalue weighted by atomic mass is 32.2. The first-order valence-corrected chi connectivity index (χ1v) is 19.0. The Morgan fingerprint density at radius 1 is 0.679 bits per heavy atom. The Hall–Kier alpha value is -6.16. The van der Waals surface area contributed by atoms with Crippen LogP contribution in [0.3, 0.4) is 0 Å². The number of nitrogens with one attached hydrogen (secondary N) is 1. The van der Waals surface area contributed by atoms with E-state index in [0.717, 1.165) is 11.3 Å². The van der Waals surface area contributed by atoms with Crippen molar-refractivity contribution in [1.82, 2.24) is 0 Å².